The number of hydrogen-bond donors (Lipinski definition) is 1. The van der Waals surface area contributed by atoms with Gasteiger partial charge in [-0.2, -0.15) is 5.10 Å². The largest absolute Gasteiger partial charge is 0.347 e. The number of hydrogen-bond acceptors (Lipinski definition) is 2. The van der Waals surface area contributed by atoms with Gasteiger partial charge in [0.15, 0.2) is 0 Å². The minimum Gasteiger partial charge on any atom is -0.347 e. The van der Waals surface area contributed by atoms with Crippen LogP contribution in [0.4, 0.5) is 0 Å². The Morgan fingerprint density at radius 2 is 2.43 bits per heavy atom. The van der Waals surface area contributed by atoms with E-state index in [4.69, 9.17) is 0 Å². The molecular formula is C9H12BrN3O. The van der Waals surface area contributed by atoms with E-state index in [-0.39, 0.29) is 5.91 Å². The topological polar surface area (TPSA) is 46.9 Å². The third-order valence-electron chi connectivity index (χ3n) is 1.92. The van der Waals surface area contributed by atoms with Gasteiger partial charge < -0.3 is 5.32 Å². The molecule has 4 nitrogen and oxygen atoms in total. The third kappa shape index (κ3) is 2.45. The number of aromatic nitrogens is 2. The second kappa shape index (κ2) is 4.41. The first-order valence-corrected chi connectivity index (χ1v) is 4.91. The monoisotopic (exact) mass is 257 g/mol. The van der Waals surface area contributed by atoms with Gasteiger partial charge in [-0.1, -0.05) is 22.5 Å². The standard InChI is InChI=1S/C9H12BrN3O/c1-6(10)4-11-9(14)8-5-12-13(3)7(8)2/h5H,1,4H2,2-3H3,(H,11,14). The van der Waals surface area contributed by atoms with Crippen LogP contribution in [0.5, 0.6) is 0 Å². The van der Waals surface area contributed by atoms with E-state index in [1.165, 1.54) is 0 Å². The predicted molar refractivity (Wildman–Crippen MR) is 58.3 cm³/mol. The minimum absolute atomic E-state index is 0.129. The number of nitrogens with one attached hydrogen (secondary N) is 1. The van der Waals surface area contributed by atoms with Gasteiger partial charge in [0.2, 0.25) is 0 Å². The van der Waals surface area contributed by atoms with Crippen LogP contribution in [-0.4, -0.2) is 22.2 Å². The molecule has 0 unspecified atom stereocenters. The molecule has 0 bridgehead atoms. The Balaban J connectivity index is 2.70. The van der Waals surface area contributed by atoms with Gasteiger partial charge >= 0.3 is 0 Å². The maximum atomic E-state index is 11.6. The molecule has 1 aromatic heterocycles. The van der Waals surface area contributed by atoms with E-state index in [1.54, 1.807) is 17.9 Å². The van der Waals surface area contributed by atoms with Crippen LogP contribution in [0.3, 0.4) is 0 Å². The molecule has 0 atom stereocenters. The molecule has 0 aliphatic rings. The Morgan fingerprint density at radius 3 is 2.86 bits per heavy atom. The second-order valence-electron chi connectivity index (χ2n) is 2.97. The molecule has 5 heteroatoms. The number of carbonyl (C=O) groups excluding carboxylic acids is 1. The highest BCUT2D eigenvalue weighted by molar-refractivity contribution is 9.11. The zero-order valence-corrected chi connectivity index (χ0v) is 9.76. The summed E-state index contributed by atoms with van der Waals surface area (Å²) in [7, 11) is 1.80. The highest BCUT2D eigenvalue weighted by Crippen LogP contribution is 2.05. The lowest BCUT2D eigenvalue weighted by Gasteiger charge is -2.02. The van der Waals surface area contributed by atoms with Gasteiger partial charge in [0.05, 0.1) is 11.8 Å². The van der Waals surface area contributed by atoms with E-state index in [0.29, 0.717) is 12.1 Å². The molecular weight excluding hydrogens is 246 g/mol. The number of aryl methyl sites for hydroxylation is 1. The van der Waals surface area contributed by atoms with Crippen molar-refractivity contribution in [1.82, 2.24) is 15.1 Å². The lowest BCUT2D eigenvalue weighted by molar-refractivity contribution is 0.0957. The number of halogens is 1. The smallest absolute Gasteiger partial charge is 0.255 e. The Morgan fingerprint density at radius 1 is 1.79 bits per heavy atom. The van der Waals surface area contributed by atoms with Crippen molar-refractivity contribution in [3.05, 3.63) is 28.5 Å². The lowest BCUT2D eigenvalue weighted by atomic mass is 10.2. The molecule has 1 aromatic rings. The molecule has 0 fully saturated rings. The normalized spacial score (nSPS) is 9.93. The fourth-order valence-electron chi connectivity index (χ4n) is 0.993. The molecule has 0 aliphatic carbocycles. The van der Waals surface area contributed by atoms with Crippen molar-refractivity contribution in [3.63, 3.8) is 0 Å². The SMILES string of the molecule is C=C(Br)CNC(=O)c1cnn(C)c1C. The first-order valence-electron chi connectivity index (χ1n) is 4.12. The van der Waals surface area contributed by atoms with Crippen LogP contribution >= 0.6 is 15.9 Å². The van der Waals surface area contributed by atoms with Gasteiger partial charge in [-0.05, 0) is 6.92 Å². The molecule has 1 rings (SSSR count). The maximum absolute atomic E-state index is 11.6. The summed E-state index contributed by atoms with van der Waals surface area (Å²) in [4.78, 5) is 11.6. The fraction of sp³-hybridized carbons (Fsp3) is 0.333. The van der Waals surface area contributed by atoms with Crippen molar-refractivity contribution in [2.75, 3.05) is 6.54 Å². The van der Waals surface area contributed by atoms with E-state index in [9.17, 15) is 4.79 Å². The summed E-state index contributed by atoms with van der Waals surface area (Å²) in [6.07, 6.45) is 1.56. The maximum Gasteiger partial charge on any atom is 0.255 e. The summed E-state index contributed by atoms with van der Waals surface area (Å²) in [5.41, 5.74) is 1.45. The summed E-state index contributed by atoms with van der Waals surface area (Å²) in [6.45, 7) is 5.91. The summed E-state index contributed by atoms with van der Waals surface area (Å²) in [5, 5.41) is 6.70. The number of carbonyl (C=O) groups is 1. The van der Waals surface area contributed by atoms with E-state index >= 15 is 0 Å². The van der Waals surface area contributed by atoms with Crippen molar-refractivity contribution in [3.8, 4) is 0 Å². The van der Waals surface area contributed by atoms with Crippen molar-refractivity contribution in [1.29, 1.82) is 0 Å². The van der Waals surface area contributed by atoms with Gasteiger partial charge in [-0.3, -0.25) is 9.48 Å². The molecule has 0 aliphatic heterocycles. The molecule has 1 N–H and O–H groups in total. The van der Waals surface area contributed by atoms with E-state index < -0.39 is 0 Å². The predicted octanol–water partition coefficient (Wildman–Crippen LogP) is 1.37. The van der Waals surface area contributed by atoms with Crippen molar-refractivity contribution in [2.45, 2.75) is 6.92 Å². The zero-order chi connectivity index (χ0) is 10.7. The van der Waals surface area contributed by atoms with Crippen LogP contribution in [-0.2, 0) is 7.05 Å². The first kappa shape index (κ1) is 11.0. The molecule has 0 saturated carbocycles. The van der Waals surface area contributed by atoms with Gasteiger partial charge in [0.25, 0.3) is 5.91 Å². The molecule has 0 aromatic carbocycles. The van der Waals surface area contributed by atoms with Crippen molar-refractivity contribution < 1.29 is 4.79 Å². The molecule has 0 radical (unpaired) electrons. The zero-order valence-electron chi connectivity index (χ0n) is 8.17. The summed E-state index contributed by atoms with van der Waals surface area (Å²) in [5.74, 6) is -0.129. The fourth-order valence-corrected chi connectivity index (χ4v) is 1.13. The Bertz CT molecular complexity index is 370. The molecule has 0 saturated heterocycles. The molecule has 76 valence electrons. The number of amides is 1. The second-order valence-corrected chi connectivity index (χ2v) is 4.09. The first-order chi connectivity index (χ1) is 6.52. The third-order valence-corrected chi connectivity index (χ3v) is 2.20. The summed E-state index contributed by atoms with van der Waals surface area (Å²) in [6, 6.07) is 0. The molecule has 0 spiro atoms. The molecule has 1 amide bonds. The Hall–Kier alpha value is -1.10. The van der Waals surface area contributed by atoms with E-state index in [2.05, 4.69) is 32.9 Å². The van der Waals surface area contributed by atoms with Crippen LogP contribution in [0.25, 0.3) is 0 Å². The quantitative estimate of drug-likeness (QED) is 0.890. The summed E-state index contributed by atoms with van der Waals surface area (Å²) >= 11 is 3.17. The van der Waals surface area contributed by atoms with Gasteiger partial charge in [-0.15, -0.1) is 0 Å². The van der Waals surface area contributed by atoms with Crippen molar-refractivity contribution >= 4 is 21.8 Å². The lowest BCUT2D eigenvalue weighted by Crippen LogP contribution is -2.24. The molecule has 14 heavy (non-hydrogen) atoms. The van der Waals surface area contributed by atoms with Crippen LogP contribution in [0, 0.1) is 6.92 Å². The van der Waals surface area contributed by atoms with Crippen LogP contribution < -0.4 is 5.32 Å². The minimum atomic E-state index is -0.129. The highest BCUT2D eigenvalue weighted by atomic mass is 79.9. The number of nitrogens with zero attached hydrogens (tertiary/aromatic N) is 2. The van der Waals surface area contributed by atoms with Crippen LogP contribution in [0.2, 0.25) is 0 Å². The Labute approximate surface area is 91.1 Å². The van der Waals surface area contributed by atoms with E-state index in [0.717, 1.165) is 10.2 Å². The Kier molecular flexibility index (Phi) is 3.46. The van der Waals surface area contributed by atoms with Gasteiger partial charge in [0, 0.05) is 23.8 Å². The van der Waals surface area contributed by atoms with Crippen LogP contribution in [0.15, 0.2) is 17.3 Å². The van der Waals surface area contributed by atoms with Crippen LogP contribution in [0.1, 0.15) is 16.1 Å². The average molecular weight is 258 g/mol. The number of rotatable bonds is 3. The summed E-state index contributed by atoms with van der Waals surface area (Å²) < 4.78 is 2.41. The molecule has 1 heterocycles. The van der Waals surface area contributed by atoms with Gasteiger partial charge in [-0.25, -0.2) is 0 Å². The van der Waals surface area contributed by atoms with Gasteiger partial charge in [0.1, 0.15) is 0 Å². The van der Waals surface area contributed by atoms with Crippen molar-refractivity contribution in [2.24, 2.45) is 7.05 Å². The van der Waals surface area contributed by atoms with E-state index in [1.807, 2.05) is 6.92 Å². The highest BCUT2D eigenvalue weighted by Gasteiger charge is 2.11. The average Bonchev–Trinajstić information content (AvgIpc) is 2.44.